The Balaban J connectivity index is 2.26. The molecule has 19 heavy (non-hydrogen) atoms. The molecule has 0 radical (unpaired) electrons. The smallest absolute Gasteiger partial charge is 0.260 e. The van der Waals surface area contributed by atoms with Crippen LogP contribution >= 0.6 is 0 Å². The minimum atomic E-state index is -0.965. The van der Waals surface area contributed by atoms with Crippen molar-refractivity contribution < 1.29 is 19.0 Å². The number of rotatable bonds is 5. The van der Waals surface area contributed by atoms with Gasteiger partial charge in [-0.2, -0.15) is 0 Å². The van der Waals surface area contributed by atoms with Gasteiger partial charge in [0.2, 0.25) is 0 Å². The van der Waals surface area contributed by atoms with Crippen molar-refractivity contribution >= 4 is 5.91 Å². The number of likely N-dealkylation sites (tertiary alicyclic amines) is 1. The first kappa shape index (κ1) is 14.8. The van der Waals surface area contributed by atoms with E-state index >= 15 is 0 Å². The van der Waals surface area contributed by atoms with E-state index < -0.39 is 5.60 Å². The zero-order valence-electron chi connectivity index (χ0n) is 12.7. The highest BCUT2D eigenvalue weighted by Crippen LogP contribution is 2.44. The van der Waals surface area contributed by atoms with Crippen LogP contribution in [0.3, 0.4) is 0 Å². The molecule has 2 fully saturated rings. The molecule has 5 nitrogen and oxygen atoms in total. The average molecular weight is 271 g/mol. The van der Waals surface area contributed by atoms with Gasteiger partial charge in [0.15, 0.2) is 5.60 Å². The SMILES string of the molecule is CC(C)OC[C@@]12O[C@@H](C)C([C@H]1OC(C)C)N(C)C2=O. The second kappa shape index (κ2) is 5.04. The first-order valence-corrected chi connectivity index (χ1v) is 7.01. The van der Waals surface area contributed by atoms with E-state index in [-0.39, 0.29) is 43.0 Å². The summed E-state index contributed by atoms with van der Waals surface area (Å²) >= 11 is 0. The van der Waals surface area contributed by atoms with Gasteiger partial charge < -0.3 is 19.1 Å². The second-order valence-electron chi connectivity index (χ2n) is 6.08. The van der Waals surface area contributed by atoms with Crippen molar-refractivity contribution in [1.82, 2.24) is 4.90 Å². The highest BCUT2D eigenvalue weighted by Gasteiger charge is 2.68. The summed E-state index contributed by atoms with van der Waals surface area (Å²) in [6, 6.07) is -0.0225. The molecular weight excluding hydrogens is 246 g/mol. The molecule has 2 aliphatic heterocycles. The predicted octanol–water partition coefficient (Wildman–Crippen LogP) is 1.20. The van der Waals surface area contributed by atoms with Crippen LogP contribution in [0.1, 0.15) is 34.6 Å². The third kappa shape index (κ3) is 2.28. The summed E-state index contributed by atoms with van der Waals surface area (Å²) in [7, 11) is 1.82. The van der Waals surface area contributed by atoms with E-state index in [0.29, 0.717) is 0 Å². The number of carbonyl (C=O) groups is 1. The fourth-order valence-electron chi connectivity index (χ4n) is 3.07. The number of carbonyl (C=O) groups excluding carboxylic acids is 1. The molecule has 2 saturated heterocycles. The summed E-state index contributed by atoms with van der Waals surface area (Å²) in [5, 5.41) is 0. The highest BCUT2D eigenvalue weighted by molar-refractivity contribution is 5.90. The summed E-state index contributed by atoms with van der Waals surface area (Å²) < 4.78 is 17.6. The van der Waals surface area contributed by atoms with Gasteiger partial charge in [0.1, 0.15) is 6.10 Å². The molecule has 110 valence electrons. The van der Waals surface area contributed by atoms with Gasteiger partial charge in [0, 0.05) is 7.05 Å². The number of morpholine rings is 1. The molecule has 2 bridgehead atoms. The lowest BCUT2D eigenvalue weighted by Gasteiger charge is -2.33. The lowest BCUT2D eigenvalue weighted by molar-refractivity contribution is -0.181. The number of hydrogen-bond donors (Lipinski definition) is 0. The topological polar surface area (TPSA) is 48.0 Å². The predicted molar refractivity (Wildman–Crippen MR) is 70.9 cm³/mol. The van der Waals surface area contributed by atoms with E-state index in [1.165, 1.54) is 0 Å². The molecule has 0 aromatic heterocycles. The monoisotopic (exact) mass is 271 g/mol. The quantitative estimate of drug-likeness (QED) is 0.754. The number of likely N-dealkylation sites (N-methyl/N-ethyl adjacent to an activating group) is 1. The summed E-state index contributed by atoms with van der Waals surface area (Å²) in [6.07, 6.45) is -0.161. The van der Waals surface area contributed by atoms with Crippen LogP contribution < -0.4 is 0 Å². The summed E-state index contributed by atoms with van der Waals surface area (Å²) in [6.45, 7) is 10.1. The van der Waals surface area contributed by atoms with Gasteiger partial charge in [-0.25, -0.2) is 0 Å². The Bertz CT molecular complexity index is 357. The Morgan fingerprint density at radius 2 is 1.95 bits per heavy atom. The van der Waals surface area contributed by atoms with Crippen LogP contribution in [0, 0.1) is 0 Å². The lowest BCUT2D eigenvalue weighted by Crippen LogP contribution is -2.53. The molecule has 0 saturated carbocycles. The van der Waals surface area contributed by atoms with Crippen LogP contribution in [-0.2, 0) is 19.0 Å². The van der Waals surface area contributed by atoms with Crippen LogP contribution in [0.25, 0.3) is 0 Å². The number of amides is 1. The number of hydrogen-bond acceptors (Lipinski definition) is 4. The molecule has 0 aliphatic carbocycles. The number of ether oxygens (including phenoxy) is 3. The highest BCUT2D eigenvalue weighted by atomic mass is 16.6. The van der Waals surface area contributed by atoms with Crippen molar-refractivity contribution in [2.24, 2.45) is 0 Å². The van der Waals surface area contributed by atoms with E-state index in [4.69, 9.17) is 14.2 Å². The van der Waals surface area contributed by atoms with Crippen molar-refractivity contribution in [3.63, 3.8) is 0 Å². The lowest BCUT2D eigenvalue weighted by atomic mass is 9.98. The van der Waals surface area contributed by atoms with E-state index in [0.717, 1.165) is 0 Å². The fourth-order valence-corrected chi connectivity index (χ4v) is 3.07. The van der Waals surface area contributed by atoms with E-state index in [9.17, 15) is 4.79 Å². The van der Waals surface area contributed by atoms with Crippen molar-refractivity contribution in [2.45, 2.75) is 70.7 Å². The largest absolute Gasteiger partial charge is 0.375 e. The molecule has 0 spiro atoms. The maximum Gasteiger partial charge on any atom is 0.260 e. The summed E-state index contributed by atoms with van der Waals surface area (Å²) in [5.41, 5.74) is -0.965. The van der Waals surface area contributed by atoms with Crippen molar-refractivity contribution in [1.29, 1.82) is 0 Å². The Kier molecular flexibility index (Phi) is 3.91. The molecule has 0 N–H and O–H groups in total. The Morgan fingerprint density at radius 1 is 1.32 bits per heavy atom. The average Bonchev–Trinajstić information content (AvgIpc) is 2.66. The van der Waals surface area contributed by atoms with Gasteiger partial charge in [-0.1, -0.05) is 0 Å². The zero-order valence-corrected chi connectivity index (χ0v) is 12.7. The second-order valence-corrected chi connectivity index (χ2v) is 6.08. The maximum atomic E-state index is 12.5. The van der Waals surface area contributed by atoms with E-state index in [1.807, 2.05) is 41.7 Å². The van der Waals surface area contributed by atoms with E-state index in [1.54, 1.807) is 4.90 Å². The van der Waals surface area contributed by atoms with Crippen molar-refractivity contribution in [3.05, 3.63) is 0 Å². The third-order valence-corrected chi connectivity index (χ3v) is 3.83. The van der Waals surface area contributed by atoms with E-state index in [2.05, 4.69) is 0 Å². The fraction of sp³-hybridized carbons (Fsp3) is 0.929. The molecule has 1 amide bonds. The summed E-state index contributed by atoms with van der Waals surface area (Å²) in [4.78, 5) is 14.2. The Labute approximate surface area is 115 Å². The molecule has 5 heteroatoms. The Morgan fingerprint density at radius 3 is 2.47 bits per heavy atom. The molecule has 0 aromatic rings. The van der Waals surface area contributed by atoms with Crippen molar-refractivity contribution in [2.75, 3.05) is 13.7 Å². The molecular formula is C14H25NO4. The first-order valence-electron chi connectivity index (χ1n) is 7.01. The van der Waals surface area contributed by atoms with Crippen molar-refractivity contribution in [3.8, 4) is 0 Å². The molecule has 1 unspecified atom stereocenters. The number of fused-ring (bicyclic) bond motifs is 2. The molecule has 0 aromatic carbocycles. The van der Waals surface area contributed by atoms with Crippen LogP contribution in [0.4, 0.5) is 0 Å². The molecule has 2 rings (SSSR count). The van der Waals surface area contributed by atoms with Crippen LogP contribution in [0.2, 0.25) is 0 Å². The first-order chi connectivity index (χ1) is 8.79. The van der Waals surface area contributed by atoms with Gasteiger partial charge in [-0.3, -0.25) is 4.79 Å². The van der Waals surface area contributed by atoms with Gasteiger partial charge in [0.05, 0.1) is 31.0 Å². The van der Waals surface area contributed by atoms with Gasteiger partial charge in [-0.15, -0.1) is 0 Å². The standard InChI is InChI=1S/C14H25NO4/c1-8(2)17-7-14-12(18-9(3)4)11(10(5)19-14)15(6)13(14)16/h8-12H,7H2,1-6H3/t10-,11?,12+,14+/m0/s1. The minimum absolute atomic E-state index is 0.0225. The van der Waals surface area contributed by atoms with Gasteiger partial charge >= 0.3 is 0 Å². The molecule has 2 aliphatic rings. The minimum Gasteiger partial charge on any atom is -0.375 e. The normalized spacial score (nSPS) is 38.0. The number of nitrogens with zero attached hydrogens (tertiary/aromatic N) is 1. The zero-order chi connectivity index (χ0) is 14.4. The molecule has 4 atom stereocenters. The third-order valence-electron chi connectivity index (χ3n) is 3.83. The van der Waals surface area contributed by atoms with Crippen LogP contribution in [0.15, 0.2) is 0 Å². The maximum absolute atomic E-state index is 12.5. The Hall–Kier alpha value is -0.650. The van der Waals surface area contributed by atoms with Gasteiger partial charge in [0.25, 0.3) is 5.91 Å². The van der Waals surface area contributed by atoms with Crippen LogP contribution in [-0.4, -0.2) is 60.5 Å². The molecule has 2 heterocycles. The summed E-state index contributed by atoms with van der Waals surface area (Å²) in [5.74, 6) is -0.0260. The van der Waals surface area contributed by atoms with Gasteiger partial charge in [-0.05, 0) is 34.6 Å². The van der Waals surface area contributed by atoms with Crippen LogP contribution in [0.5, 0.6) is 0 Å².